The Hall–Kier alpha value is -3.40. The molecule has 0 unspecified atom stereocenters. The van der Waals surface area contributed by atoms with Gasteiger partial charge in [-0.25, -0.2) is 0 Å². The number of allylic oxidation sites excluding steroid dienone is 1. The quantitative estimate of drug-likeness (QED) is 0.111. The van der Waals surface area contributed by atoms with Crippen molar-refractivity contribution >= 4 is 56.3 Å². The van der Waals surface area contributed by atoms with Crippen molar-refractivity contribution in [2.75, 3.05) is 20.8 Å². The van der Waals surface area contributed by atoms with E-state index < -0.39 is 61.2 Å². The normalized spacial score (nSPS) is 22.4. The first-order valence-electron chi connectivity index (χ1n) is 11.5. The maximum absolute atomic E-state index is 12.0. The van der Waals surface area contributed by atoms with E-state index >= 15 is 0 Å². The summed E-state index contributed by atoms with van der Waals surface area (Å²) in [5, 5.41) is 0. The summed E-state index contributed by atoms with van der Waals surface area (Å²) in [5.74, 6) is -2.65. The van der Waals surface area contributed by atoms with E-state index in [2.05, 4.69) is 0 Å². The molecule has 13 nitrogen and oxygen atoms in total. The summed E-state index contributed by atoms with van der Waals surface area (Å²) in [4.78, 5) is 58.8. The molecule has 0 N–H and O–H groups in total. The number of ether oxygens (including phenoxy) is 8. The van der Waals surface area contributed by atoms with Crippen LogP contribution in [-0.4, -0.2) is 79.2 Å². The number of methoxy groups -OCH3 is 2. The predicted octanol–water partition coefficient (Wildman–Crippen LogP) is 2.14. The summed E-state index contributed by atoms with van der Waals surface area (Å²) < 4.78 is 44.0. The highest BCUT2D eigenvalue weighted by atomic mass is 127. The van der Waals surface area contributed by atoms with E-state index in [0.717, 1.165) is 20.8 Å². The molecule has 0 spiro atoms. The van der Waals surface area contributed by atoms with E-state index in [-0.39, 0.29) is 21.0 Å². The highest BCUT2D eigenvalue weighted by Crippen LogP contribution is 2.41. The highest BCUT2D eigenvalue weighted by Gasteiger charge is 2.53. The van der Waals surface area contributed by atoms with Crippen LogP contribution in [0.5, 0.6) is 17.2 Å². The zero-order valence-electron chi connectivity index (χ0n) is 22.1. The predicted molar refractivity (Wildman–Crippen MR) is 140 cm³/mol. The molecule has 1 aliphatic rings. The van der Waals surface area contributed by atoms with Gasteiger partial charge in [-0.2, -0.15) is 0 Å². The monoisotopic (exact) mass is 664 g/mol. The average Bonchev–Trinajstić information content (AvgIpc) is 2.84. The molecule has 1 aromatic rings. The second kappa shape index (κ2) is 14.7. The molecular formula is C25H29IO13. The third-order valence-electron chi connectivity index (χ3n) is 5.07. The molecule has 0 saturated carbocycles. The van der Waals surface area contributed by atoms with Gasteiger partial charge >= 0.3 is 23.9 Å². The van der Waals surface area contributed by atoms with Crippen LogP contribution in [0.1, 0.15) is 33.3 Å². The lowest BCUT2D eigenvalue weighted by Gasteiger charge is -2.44. The van der Waals surface area contributed by atoms with Crippen LogP contribution in [0, 0.1) is 0 Å². The summed E-state index contributed by atoms with van der Waals surface area (Å²) in [6.45, 7) is 4.10. The van der Waals surface area contributed by atoms with Crippen LogP contribution in [-0.2, 0) is 47.7 Å². The van der Waals surface area contributed by atoms with Gasteiger partial charge in [0.25, 0.3) is 0 Å². The molecule has 1 heterocycles. The van der Waals surface area contributed by atoms with Gasteiger partial charge in [0.1, 0.15) is 12.7 Å². The molecule has 214 valence electrons. The first kappa shape index (κ1) is 31.8. The molecule has 14 heteroatoms. The minimum absolute atomic E-state index is 0.0128. The number of benzene rings is 1. The second-order valence-electron chi connectivity index (χ2n) is 8.08. The molecule has 39 heavy (non-hydrogen) atoms. The third-order valence-corrected chi connectivity index (χ3v) is 5.43. The van der Waals surface area contributed by atoms with E-state index in [1.54, 1.807) is 34.7 Å². The molecular weight excluding hydrogens is 635 g/mol. The standard InChI is InChI=1S/C25H29IO13/c1-12(27)34-11-19-22(35-13(2)28)23(36-14(3)29)24(37-15(4)30)25(38-19)39-21-17(32-5)9-16(7-8-20(26)31)10-18(21)33-6/h7-10,19,22-25H,11H2,1-6H3/b8-7+/t19-,22-,23+,24-,25+/m1/s1. The fraction of sp³-hybridized carbons (Fsp3) is 0.480. The van der Waals surface area contributed by atoms with Crippen molar-refractivity contribution in [3.63, 3.8) is 0 Å². The Labute approximate surface area is 238 Å². The van der Waals surface area contributed by atoms with Gasteiger partial charge in [-0.3, -0.25) is 24.0 Å². The first-order valence-corrected chi connectivity index (χ1v) is 12.5. The number of carbonyl (C=O) groups is 5. The van der Waals surface area contributed by atoms with Crippen LogP contribution in [0.4, 0.5) is 0 Å². The fourth-order valence-corrected chi connectivity index (χ4v) is 3.85. The zero-order chi connectivity index (χ0) is 29.3. The molecule has 1 saturated heterocycles. The zero-order valence-corrected chi connectivity index (χ0v) is 24.2. The topological polar surface area (TPSA) is 159 Å². The lowest BCUT2D eigenvalue weighted by atomic mass is 9.98. The minimum atomic E-state index is -1.49. The molecule has 1 aliphatic heterocycles. The van der Waals surface area contributed by atoms with Crippen molar-refractivity contribution in [1.82, 2.24) is 0 Å². The number of halogens is 1. The fourth-order valence-electron chi connectivity index (χ4n) is 3.67. The van der Waals surface area contributed by atoms with Crippen LogP contribution in [0.2, 0.25) is 0 Å². The van der Waals surface area contributed by atoms with Gasteiger partial charge in [0.2, 0.25) is 21.9 Å². The SMILES string of the molecule is COc1cc(/C=C/C(=O)I)cc(OC)c1O[C@@H]1O[C@H](COC(C)=O)[C@@H](OC(C)=O)[C@H](OC(C)=O)[C@H]1OC(C)=O. The minimum Gasteiger partial charge on any atom is -0.493 e. The van der Waals surface area contributed by atoms with E-state index in [4.69, 9.17) is 37.9 Å². The van der Waals surface area contributed by atoms with Gasteiger partial charge in [-0.1, -0.05) is 6.08 Å². The molecule has 0 amide bonds. The highest BCUT2D eigenvalue weighted by molar-refractivity contribution is 14.1. The van der Waals surface area contributed by atoms with Gasteiger partial charge in [0.05, 0.1) is 14.2 Å². The van der Waals surface area contributed by atoms with Crippen molar-refractivity contribution in [2.45, 2.75) is 58.4 Å². The third kappa shape index (κ3) is 9.38. The van der Waals surface area contributed by atoms with Gasteiger partial charge in [-0.05, 0) is 23.8 Å². The Balaban J connectivity index is 2.62. The van der Waals surface area contributed by atoms with E-state index in [9.17, 15) is 24.0 Å². The maximum atomic E-state index is 12.0. The van der Waals surface area contributed by atoms with E-state index in [0.29, 0.717) is 5.56 Å². The number of rotatable bonds is 11. The van der Waals surface area contributed by atoms with Gasteiger partial charge in [-0.15, -0.1) is 0 Å². The first-order chi connectivity index (χ1) is 18.4. The number of esters is 4. The van der Waals surface area contributed by atoms with Crippen LogP contribution in [0.3, 0.4) is 0 Å². The van der Waals surface area contributed by atoms with Crippen molar-refractivity contribution in [3.05, 3.63) is 23.8 Å². The summed E-state index contributed by atoms with van der Waals surface area (Å²) in [7, 11) is 2.73. The smallest absolute Gasteiger partial charge is 0.303 e. The lowest BCUT2D eigenvalue weighted by molar-refractivity contribution is -0.288. The Morgan fingerprint density at radius 1 is 0.821 bits per heavy atom. The Kier molecular flexibility index (Phi) is 12.0. The van der Waals surface area contributed by atoms with Crippen LogP contribution >= 0.6 is 22.6 Å². The molecule has 0 bridgehead atoms. The van der Waals surface area contributed by atoms with Crippen molar-refractivity contribution in [1.29, 1.82) is 0 Å². The maximum Gasteiger partial charge on any atom is 0.303 e. The Morgan fingerprint density at radius 3 is 1.79 bits per heavy atom. The van der Waals surface area contributed by atoms with E-state index in [1.807, 2.05) is 0 Å². The van der Waals surface area contributed by atoms with Crippen molar-refractivity contribution in [2.24, 2.45) is 0 Å². The summed E-state index contributed by atoms with van der Waals surface area (Å²) in [5.41, 5.74) is 0.544. The van der Waals surface area contributed by atoms with Crippen LogP contribution in [0.25, 0.3) is 6.08 Å². The summed E-state index contributed by atoms with van der Waals surface area (Å²) in [6, 6.07) is 3.11. The number of hydrogen-bond acceptors (Lipinski definition) is 13. The molecule has 0 aromatic heterocycles. The Morgan fingerprint density at radius 2 is 1.33 bits per heavy atom. The van der Waals surface area contributed by atoms with Crippen LogP contribution < -0.4 is 14.2 Å². The van der Waals surface area contributed by atoms with Gasteiger partial charge < -0.3 is 37.9 Å². The van der Waals surface area contributed by atoms with Gasteiger partial charge in [0.15, 0.2) is 23.7 Å². The summed E-state index contributed by atoms with van der Waals surface area (Å²) >= 11 is 1.62. The molecule has 0 aliphatic carbocycles. The average molecular weight is 664 g/mol. The van der Waals surface area contributed by atoms with E-state index in [1.165, 1.54) is 33.3 Å². The van der Waals surface area contributed by atoms with Crippen molar-refractivity contribution in [3.8, 4) is 17.2 Å². The summed E-state index contributed by atoms with van der Waals surface area (Å²) in [6.07, 6.45) is -4.01. The second-order valence-corrected chi connectivity index (χ2v) is 9.14. The molecule has 2 rings (SSSR count). The van der Waals surface area contributed by atoms with Crippen LogP contribution in [0.15, 0.2) is 18.2 Å². The number of hydrogen-bond donors (Lipinski definition) is 0. The lowest BCUT2D eigenvalue weighted by Crippen LogP contribution is -2.63. The van der Waals surface area contributed by atoms with Gasteiger partial charge in [0, 0.05) is 50.3 Å². The largest absolute Gasteiger partial charge is 0.493 e. The molecule has 0 radical (unpaired) electrons. The molecule has 1 aromatic carbocycles. The molecule has 5 atom stereocenters. The Bertz CT molecular complexity index is 1090. The van der Waals surface area contributed by atoms with Crippen molar-refractivity contribution < 1.29 is 61.9 Å². The number of carbonyl (C=O) groups excluding carboxylic acids is 5. The molecule has 1 fully saturated rings.